The van der Waals surface area contributed by atoms with E-state index in [2.05, 4.69) is 10.3 Å². The van der Waals surface area contributed by atoms with E-state index in [1.54, 1.807) is 48.5 Å². The molecular formula is C27H19Cl2N3O4. The first-order valence-corrected chi connectivity index (χ1v) is 11.4. The van der Waals surface area contributed by atoms with Gasteiger partial charge in [-0.25, -0.2) is 4.79 Å². The van der Waals surface area contributed by atoms with Crippen LogP contribution in [-0.4, -0.2) is 34.8 Å². The Hall–Kier alpha value is -4.20. The van der Waals surface area contributed by atoms with Crippen LogP contribution >= 0.6 is 23.2 Å². The molecule has 7 nitrogen and oxygen atoms in total. The Morgan fingerprint density at radius 1 is 0.833 bits per heavy atom. The van der Waals surface area contributed by atoms with Gasteiger partial charge in [-0.3, -0.25) is 14.6 Å². The highest BCUT2D eigenvalue weighted by Crippen LogP contribution is 2.25. The fraction of sp³-hybridized carbons (Fsp3) is 0.0370. The molecule has 0 saturated carbocycles. The van der Waals surface area contributed by atoms with Gasteiger partial charge < -0.3 is 15.3 Å². The Bertz CT molecular complexity index is 1460. The maximum Gasteiger partial charge on any atom is 0.335 e. The molecule has 0 aliphatic carbocycles. The topological polar surface area (TPSA) is 99.6 Å². The fourth-order valence-corrected chi connectivity index (χ4v) is 3.76. The van der Waals surface area contributed by atoms with Crippen molar-refractivity contribution in [1.29, 1.82) is 0 Å². The maximum absolute atomic E-state index is 13.2. The highest BCUT2D eigenvalue weighted by molar-refractivity contribution is 6.34. The van der Waals surface area contributed by atoms with Gasteiger partial charge in [0.25, 0.3) is 5.91 Å². The number of carboxylic acids is 1. The standard InChI is InChI=1S/C27H19Cl2N3O4/c1-32(20-8-6-19(28)7-9-20)21-10-11-24(30-15-21)25(33)16-12-17(14-18(13-16)27(35)36)26(34)31-23-5-3-2-4-22(23)29/h2-15H,1H3,(H,31,34)(H,35,36). The number of hydrogen-bond donors (Lipinski definition) is 2. The number of para-hydroxylation sites is 1. The predicted molar refractivity (Wildman–Crippen MR) is 140 cm³/mol. The minimum Gasteiger partial charge on any atom is -0.478 e. The number of anilines is 3. The summed E-state index contributed by atoms with van der Waals surface area (Å²) < 4.78 is 0. The third-order valence-electron chi connectivity index (χ3n) is 5.41. The zero-order valence-corrected chi connectivity index (χ0v) is 20.4. The summed E-state index contributed by atoms with van der Waals surface area (Å²) in [5.41, 5.74) is 1.88. The van der Waals surface area contributed by atoms with E-state index < -0.39 is 17.7 Å². The molecule has 180 valence electrons. The van der Waals surface area contributed by atoms with Crippen molar-refractivity contribution in [3.05, 3.63) is 117 Å². The lowest BCUT2D eigenvalue weighted by molar-refractivity contribution is 0.0697. The van der Waals surface area contributed by atoms with Crippen LogP contribution in [0.1, 0.15) is 36.8 Å². The molecule has 0 radical (unpaired) electrons. The summed E-state index contributed by atoms with van der Waals surface area (Å²) >= 11 is 12.0. The Kier molecular flexibility index (Phi) is 7.33. The summed E-state index contributed by atoms with van der Waals surface area (Å²) in [6, 6.07) is 20.9. The van der Waals surface area contributed by atoms with Gasteiger partial charge in [-0.2, -0.15) is 0 Å². The lowest BCUT2D eigenvalue weighted by Gasteiger charge is -2.19. The number of nitrogens with one attached hydrogen (secondary N) is 1. The summed E-state index contributed by atoms with van der Waals surface area (Å²) in [5, 5.41) is 13.1. The van der Waals surface area contributed by atoms with Crippen LogP contribution in [0, 0.1) is 0 Å². The molecule has 2 N–H and O–H groups in total. The molecule has 0 atom stereocenters. The van der Waals surface area contributed by atoms with Crippen molar-refractivity contribution in [2.75, 3.05) is 17.3 Å². The van der Waals surface area contributed by atoms with Gasteiger partial charge >= 0.3 is 5.97 Å². The Labute approximate surface area is 216 Å². The van der Waals surface area contributed by atoms with E-state index in [1.807, 2.05) is 24.1 Å². The molecule has 0 bridgehead atoms. The van der Waals surface area contributed by atoms with E-state index in [0.29, 0.717) is 15.7 Å². The zero-order chi connectivity index (χ0) is 25.8. The van der Waals surface area contributed by atoms with E-state index in [0.717, 1.165) is 11.4 Å². The fourth-order valence-electron chi connectivity index (χ4n) is 3.45. The molecule has 3 aromatic carbocycles. The van der Waals surface area contributed by atoms with Gasteiger partial charge in [0.2, 0.25) is 5.78 Å². The number of amides is 1. The highest BCUT2D eigenvalue weighted by Gasteiger charge is 2.19. The van der Waals surface area contributed by atoms with Gasteiger partial charge in [-0.05, 0) is 66.7 Å². The van der Waals surface area contributed by atoms with Gasteiger partial charge in [0, 0.05) is 28.9 Å². The molecule has 0 fully saturated rings. The quantitative estimate of drug-likeness (QED) is 0.276. The van der Waals surface area contributed by atoms with Crippen LogP contribution in [0.15, 0.2) is 85.1 Å². The van der Waals surface area contributed by atoms with Gasteiger partial charge in [0.15, 0.2) is 0 Å². The molecule has 0 aliphatic rings. The predicted octanol–water partition coefficient (Wildman–Crippen LogP) is 6.34. The second-order valence-electron chi connectivity index (χ2n) is 7.80. The first-order valence-electron chi connectivity index (χ1n) is 10.7. The lowest BCUT2D eigenvalue weighted by atomic mass is 10.00. The number of carbonyl (C=O) groups is 3. The van der Waals surface area contributed by atoms with Crippen molar-refractivity contribution in [1.82, 2.24) is 4.98 Å². The van der Waals surface area contributed by atoms with Gasteiger partial charge in [-0.15, -0.1) is 0 Å². The number of carbonyl (C=O) groups excluding carboxylic acids is 2. The molecule has 0 saturated heterocycles. The van der Waals surface area contributed by atoms with Crippen LogP contribution in [0.5, 0.6) is 0 Å². The maximum atomic E-state index is 13.2. The number of hydrogen-bond acceptors (Lipinski definition) is 5. The van der Waals surface area contributed by atoms with E-state index in [-0.39, 0.29) is 22.4 Å². The smallest absolute Gasteiger partial charge is 0.335 e. The molecule has 0 aliphatic heterocycles. The number of halogens is 2. The summed E-state index contributed by atoms with van der Waals surface area (Å²) in [5.74, 6) is -2.40. The van der Waals surface area contributed by atoms with Crippen molar-refractivity contribution >= 4 is 57.9 Å². The highest BCUT2D eigenvalue weighted by atomic mass is 35.5. The summed E-state index contributed by atoms with van der Waals surface area (Å²) in [6.45, 7) is 0. The van der Waals surface area contributed by atoms with Crippen molar-refractivity contribution in [3.8, 4) is 0 Å². The molecule has 1 aromatic heterocycles. The van der Waals surface area contributed by atoms with Gasteiger partial charge in [-0.1, -0.05) is 35.3 Å². The molecule has 36 heavy (non-hydrogen) atoms. The molecule has 0 unspecified atom stereocenters. The minimum absolute atomic E-state index is 0.00254. The number of pyridine rings is 1. The Morgan fingerprint density at radius 3 is 2.11 bits per heavy atom. The molecule has 4 rings (SSSR count). The normalized spacial score (nSPS) is 10.5. The summed E-state index contributed by atoms with van der Waals surface area (Å²) in [6.07, 6.45) is 1.54. The zero-order valence-electron chi connectivity index (χ0n) is 18.9. The molecule has 0 spiro atoms. The molecular weight excluding hydrogens is 501 g/mol. The van der Waals surface area contributed by atoms with Crippen molar-refractivity contribution in [2.24, 2.45) is 0 Å². The largest absolute Gasteiger partial charge is 0.478 e. The van der Waals surface area contributed by atoms with Crippen LogP contribution in [0.25, 0.3) is 0 Å². The van der Waals surface area contributed by atoms with E-state index in [4.69, 9.17) is 23.2 Å². The van der Waals surface area contributed by atoms with Crippen LogP contribution in [0.4, 0.5) is 17.1 Å². The third kappa shape index (κ3) is 5.54. The van der Waals surface area contributed by atoms with E-state index >= 15 is 0 Å². The average molecular weight is 520 g/mol. The molecule has 1 amide bonds. The number of aromatic nitrogens is 1. The van der Waals surface area contributed by atoms with Crippen molar-refractivity contribution in [2.45, 2.75) is 0 Å². The number of carboxylic acid groups (broad SMARTS) is 1. The first kappa shape index (κ1) is 24.9. The van der Waals surface area contributed by atoms with E-state index in [1.165, 1.54) is 24.4 Å². The van der Waals surface area contributed by atoms with Gasteiger partial charge in [0.05, 0.1) is 28.2 Å². The second-order valence-corrected chi connectivity index (χ2v) is 8.65. The van der Waals surface area contributed by atoms with Crippen molar-refractivity contribution < 1.29 is 19.5 Å². The molecule has 1 heterocycles. The van der Waals surface area contributed by atoms with Crippen LogP contribution in [0.2, 0.25) is 10.0 Å². The summed E-state index contributed by atoms with van der Waals surface area (Å²) in [4.78, 5) is 43.8. The minimum atomic E-state index is -1.27. The number of ketones is 1. The number of benzene rings is 3. The Morgan fingerprint density at radius 2 is 1.47 bits per heavy atom. The van der Waals surface area contributed by atoms with Crippen molar-refractivity contribution in [3.63, 3.8) is 0 Å². The molecule has 9 heteroatoms. The average Bonchev–Trinajstić information content (AvgIpc) is 2.89. The lowest BCUT2D eigenvalue weighted by Crippen LogP contribution is -2.15. The van der Waals surface area contributed by atoms with Crippen LogP contribution in [-0.2, 0) is 0 Å². The first-order chi connectivity index (χ1) is 17.2. The second kappa shape index (κ2) is 10.6. The number of aromatic carboxylic acids is 1. The third-order valence-corrected chi connectivity index (χ3v) is 5.99. The van der Waals surface area contributed by atoms with Crippen LogP contribution < -0.4 is 10.2 Å². The molecule has 4 aromatic rings. The monoisotopic (exact) mass is 519 g/mol. The Balaban J connectivity index is 1.61. The summed E-state index contributed by atoms with van der Waals surface area (Å²) in [7, 11) is 1.85. The van der Waals surface area contributed by atoms with E-state index in [9.17, 15) is 19.5 Å². The number of rotatable bonds is 7. The SMILES string of the molecule is CN(c1ccc(Cl)cc1)c1ccc(C(=O)c2cc(C(=O)O)cc(C(=O)Nc3ccccc3Cl)c2)nc1. The van der Waals surface area contributed by atoms with Crippen LogP contribution in [0.3, 0.4) is 0 Å². The van der Waals surface area contributed by atoms with Gasteiger partial charge in [0.1, 0.15) is 5.69 Å². The number of nitrogens with zero attached hydrogens (tertiary/aromatic N) is 2.